The van der Waals surface area contributed by atoms with Crippen molar-refractivity contribution in [2.45, 2.75) is 6.42 Å². The molecule has 0 bridgehead atoms. The van der Waals surface area contributed by atoms with E-state index in [4.69, 9.17) is 10.2 Å². The number of aromatic carboxylic acids is 1. The van der Waals surface area contributed by atoms with E-state index in [1.807, 2.05) is 0 Å². The number of carbonyl (C=O) groups is 1. The van der Waals surface area contributed by atoms with Crippen molar-refractivity contribution in [3.8, 4) is 5.69 Å². The van der Waals surface area contributed by atoms with Gasteiger partial charge in [-0.1, -0.05) is 12.1 Å². The Morgan fingerprint density at radius 2 is 2.11 bits per heavy atom. The summed E-state index contributed by atoms with van der Waals surface area (Å²) in [5, 5.41) is 21.7. The van der Waals surface area contributed by atoms with Gasteiger partial charge in [0.25, 0.3) is 0 Å². The third-order valence-electron chi connectivity index (χ3n) is 2.47. The number of carboxylic acid groups (broad SMARTS) is 1. The van der Waals surface area contributed by atoms with E-state index in [0.717, 1.165) is 0 Å². The van der Waals surface area contributed by atoms with E-state index >= 15 is 0 Å². The molecule has 18 heavy (non-hydrogen) atoms. The second kappa shape index (κ2) is 4.97. The van der Waals surface area contributed by atoms with Crippen molar-refractivity contribution in [1.82, 2.24) is 9.78 Å². The fourth-order valence-corrected chi connectivity index (χ4v) is 1.65. The van der Waals surface area contributed by atoms with Gasteiger partial charge in [0, 0.05) is 18.4 Å². The Balaban J connectivity index is 2.50. The van der Waals surface area contributed by atoms with Crippen LogP contribution in [0.15, 0.2) is 30.5 Å². The number of hydrogen-bond acceptors (Lipinski definition) is 3. The largest absolute Gasteiger partial charge is 0.476 e. The molecule has 0 radical (unpaired) electrons. The molecular formula is C12H11FN2O3. The Bertz CT molecular complexity index is 580. The SMILES string of the molecule is O=C(O)c1nn(-c2ccccc2F)cc1CCO. The highest BCUT2D eigenvalue weighted by molar-refractivity contribution is 5.87. The van der Waals surface area contributed by atoms with Gasteiger partial charge in [0.05, 0.1) is 0 Å². The molecule has 1 aromatic heterocycles. The van der Waals surface area contributed by atoms with Crippen LogP contribution in [0.4, 0.5) is 4.39 Å². The zero-order valence-corrected chi connectivity index (χ0v) is 9.38. The van der Waals surface area contributed by atoms with Crippen molar-refractivity contribution < 1.29 is 19.4 Å². The summed E-state index contributed by atoms with van der Waals surface area (Å²) < 4.78 is 14.7. The van der Waals surface area contributed by atoms with Crippen LogP contribution in [-0.2, 0) is 6.42 Å². The topological polar surface area (TPSA) is 75.3 Å². The number of nitrogens with zero attached hydrogens (tertiary/aromatic N) is 2. The highest BCUT2D eigenvalue weighted by atomic mass is 19.1. The number of rotatable bonds is 4. The molecular weight excluding hydrogens is 239 g/mol. The lowest BCUT2D eigenvalue weighted by Gasteiger charge is -2.01. The number of para-hydroxylation sites is 1. The lowest BCUT2D eigenvalue weighted by atomic mass is 10.2. The summed E-state index contributed by atoms with van der Waals surface area (Å²) >= 11 is 0. The molecule has 1 aromatic carbocycles. The average Bonchev–Trinajstić information content (AvgIpc) is 2.74. The van der Waals surface area contributed by atoms with Crippen LogP contribution in [0.5, 0.6) is 0 Å². The van der Waals surface area contributed by atoms with Gasteiger partial charge in [0.1, 0.15) is 11.5 Å². The first kappa shape index (κ1) is 12.3. The normalized spacial score (nSPS) is 10.6. The molecule has 0 spiro atoms. The minimum atomic E-state index is -1.20. The van der Waals surface area contributed by atoms with E-state index in [-0.39, 0.29) is 24.4 Å². The summed E-state index contributed by atoms with van der Waals surface area (Å²) in [5.41, 5.74) is 0.366. The quantitative estimate of drug-likeness (QED) is 0.856. The lowest BCUT2D eigenvalue weighted by Crippen LogP contribution is -2.04. The van der Waals surface area contributed by atoms with Gasteiger partial charge in [-0.05, 0) is 18.6 Å². The van der Waals surface area contributed by atoms with E-state index < -0.39 is 11.8 Å². The van der Waals surface area contributed by atoms with E-state index in [2.05, 4.69) is 5.10 Å². The molecule has 2 aromatic rings. The predicted molar refractivity (Wildman–Crippen MR) is 61.3 cm³/mol. The van der Waals surface area contributed by atoms with Crippen molar-refractivity contribution >= 4 is 5.97 Å². The Kier molecular flexibility index (Phi) is 3.38. The van der Waals surface area contributed by atoms with Crippen molar-refractivity contribution in [2.24, 2.45) is 0 Å². The fourth-order valence-electron chi connectivity index (χ4n) is 1.65. The zero-order chi connectivity index (χ0) is 13.1. The molecule has 0 aliphatic rings. The van der Waals surface area contributed by atoms with Gasteiger partial charge in [-0.3, -0.25) is 0 Å². The average molecular weight is 250 g/mol. The van der Waals surface area contributed by atoms with Crippen LogP contribution in [-0.4, -0.2) is 32.6 Å². The maximum absolute atomic E-state index is 13.5. The van der Waals surface area contributed by atoms with Crippen molar-refractivity contribution in [3.05, 3.63) is 47.5 Å². The molecule has 2 N–H and O–H groups in total. The monoisotopic (exact) mass is 250 g/mol. The van der Waals surface area contributed by atoms with E-state index in [1.54, 1.807) is 6.07 Å². The second-order valence-corrected chi connectivity index (χ2v) is 3.68. The number of aliphatic hydroxyl groups excluding tert-OH is 1. The smallest absolute Gasteiger partial charge is 0.356 e. The number of hydrogen-bond donors (Lipinski definition) is 2. The third-order valence-corrected chi connectivity index (χ3v) is 2.47. The summed E-state index contributed by atoms with van der Waals surface area (Å²) in [5.74, 6) is -1.69. The number of aromatic nitrogens is 2. The highest BCUT2D eigenvalue weighted by Crippen LogP contribution is 2.16. The summed E-state index contributed by atoms with van der Waals surface area (Å²) in [6, 6.07) is 5.93. The number of aliphatic hydroxyl groups is 1. The van der Waals surface area contributed by atoms with Crippen LogP contribution < -0.4 is 0 Å². The first-order valence-electron chi connectivity index (χ1n) is 5.31. The fraction of sp³-hybridized carbons (Fsp3) is 0.167. The first-order chi connectivity index (χ1) is 8.63. The molecule has 1 heterocycles. The zero-order valence-electron chi connectivity index (χ0n) is 9.38. The van der Waals surface area contributed by atoms with Crippen LogP contribution in [0.25, 0.3) is 5.69 Å². The maximum atomic E-state index is 13.5. The molecule has 0 saturated carbocycles. The number of carboxylic acids is 1. The van der Waals surface area contributed by atoms with Gasteiger partial charge in [-0.25, -0.2) is 13.9 Å². The Morgan fingerprint density at radius 3 is 2.72 bits per heavy atom. The summed E-state index contributed by atoms with van der Waals surface area (Å²) in [7, 11) is 0. The molecule has 6 heteroatoms. The molecule has 0 atom stereocenters. The standard InChI is InChI=1S/C12H11FN2O3/c13-9-3-1-2-4-10(9)15-7-8(5-6-16)11(14-15)12(17)18/h1-4,7,16H,5-6H2,(H,17,18). The minimum Gasteiger partial charge on any atom is -0.476 e. The van der Waals surface area contributed by atoms with Gasteiger partial charge < -0.3 is 10.2 Å². The molecule has 94 valence electrons. The van der Waals surface area contributed by atoms with Crippen LogP contribution in [0.3, 0.4) is 0 Å². The van der Waals surface area contributed by atoms with Crippen molar-refractivity contribution in [3.63, 3.8) is 0 Å². The van der Waals surface area contributed by atoms with Crippen molar-refractivity contribution in [2.75, 3.05) is 6.61 Å². The van der Waals surface area contributed by atoms with Crippen LogP contribution in [0, 0.1) is 5.82 Å². The van der Waals surface area contributed by atoms with Gasteiger partial charge in [-0.2, -0.15) is 5.10 Å². The van der Waals surface area contributed by atoms with Gasteiger partial charge >= 0.3 is 5.97 Å². The lowest BCUT2D eigenvalue weighted by molar-refractivity contribution is 0.0688. The molecule has 0 aliphatic heterocycles. The van der Waals surface area contributed by atoms with Crippen LogP contribution in [0.1, 0.15) is 16.1 Å². The van der Waals surface area contributed by atoms with E-state index in [1.165, 1.54) is 29.1 Å². The van der Waals surface area contributed by atoms with Gasteiger partial charge in [0.2, 0.25) is 0 Å². The molecule has 0 amide bonds. The van der Waals surface area contributed by atoms with Gasteiger partial charge in [0.15, 0.2) is 5.69 Å². The maximum Gasteiger partial charge on any atom is 0.356 e. The van der Waals surface area contributed by atoms with Crippen LogP contribution in [0.2, 0.25) is 0 Å². The van der Waals surface area contributed by atoms with Crippen molar-refractivity contribution in [1.29, 1.82) is 0 Å². The molecule has 0 fully saturated rings. The third kappa shape index (κ3) is 2.23. The highest BCUT2D eigenvalue weighted by Gasteiger charge is 2.17. The number of benzene rings is 1. The van der Waals surface area contributed by atoms with E-state index in [0.29, 0.717) is 5.56 Å². The molecule has 0 aliphatic carbocycles. The van der Waals surface area contributed by atoms with Crippen LogP contribution >= 0.6 is 0 Å². The van der Waals surface area contributed by atoms with Gasteiger partial charge in [-0.15, -0.1) is 0 Å². The molecule has 0 unspecified atom stereocenters. The second-order valence-electron chi connectivity index (χ2n) is 3.68. The Morgan fingerprint density at radius 1 is 1.39 bits per heavy atom. The molecule has 0 saturated heterocycles. The Labute approximate surface area is 102 Å². The summed E-state index contributed by atoms with van der Waals surface area (Å²) in [6.45, 7) is -0.191. The first-order valence-corrected chi connectivity index (χ1v) is 5.31. The molecule has 5 nitrogen and oxygen atoms in total. The predicted octanol–water partition coefficient (Wildman–Crippen LogP) is 1.24. The molecule has 2 rings (SSSR count). The Hall–Kier alpha value is -2.21. The minimum absolute atomic E-state index is 0.163. The van der Waals surface area contributed by atoms with E-state index in [9.17, 15) is 9.18 Å². The summed E-state index contributed by atoms with van der Waals surface area (Å²) in [6.07, 6.45) is 1.58. The summed E-state index contributed by atoms with van der Waals surface area (Å²) in [4.78, 5) is 11.0. The number of halogens is 1.